The van der Waals surface area contributed by atoms with Gasteiger partial charge in [0.1, 0.15) is 23.6 Å². The number of nitrogens with one attached hydrogen (secondary N) is 1. The van der Waals surface area contributed by atoms with Crippen LogP contribution in [0.25, 0.3) is 11.1 Å². The number of carbonyl (C=O) groups excluding carboxylic acids is 2. The molecule has 0 saturated carbocycles. The van der Waals surface area contributed by atoms with Gasteiger partial charge >= 0.3 is 18.2 Å². The fourth-order valence-electron chi connectivity index (χ4n) is 3.57. The van der Waals surface area contributed by atoms with Crippen molar-refractivity contribution in [3.05, 3.63) is 47.5 Å². The van der Waals surface area contributed by atoms with E-state index in [1.807, 2.05) is 0 Å². The summed E-state index contributed by atoms with van der Waals surface area (Å²) >= 11 is 0. The van der Waals surface area contributed by atoms with Crippen molar-refractivity contribution in [2.75, 3.05) is 6.54 Å². The highest BCUT2D eigenvalue weighted by molar-refractivity contribution is 5.95. The van der Waals surface area contributed by atoms with Gasteiger partial charge in [0.05, 0.1) is 24.2 Å². The molecule has 3 rings (SSSR count). The number of aromatic carboxylic acids is 1. The van der Waals surface area contributed by atoms with E-state index in [0.717, 1.165) is 23.4 Å². The summed E-state index contributed by atoms with van der Waals surface area (Å²) in [6, 6.07) is 3.04. The van der Waals surface area contributed by atoms with Gasteiger partial charge in [-0.3, -0.25) is 19.7 Å². The van der Waals surface area contributed by atoms with Gasteiger partial charge in [-0.05, 0) is 32.9 Å². The van der Waals surface area contributed by atoms with E-state index >= 15 is 0 Å². The lowest BCUT2D eigenvalue weighted by atomic mass is 10.0. The molecule has 1 aliphatic rings. The molecule has 2 aromatic heterocycles. The molecule has 0 unspecified atom stereocenters. The van der Waals surface area contributed by atoms with Gasteiger partial charge in [0.15, 0.2) is 0 Å². The highest BCUT2D eigenvalue weighted by Crippen LogP contribution is 2.30. The number of amides is 2. The van der Waals surface area contributed by atoms with E-state index in [-0.39, 0.29) is 41.8 Å². The zero-order valence-electron chi connectivity index (χ0n) is 19.6. The van der Waals surface area contributed by atoms with Crippen LogP contribution in [0.2, 0.25) is 0 Å². The number of carboxylic acid groups (broad SMARTS) is 1. The molecule has 2 aromatic rings. The Labute approximate surface area is 203 Å². The number of carboxylic acids is 1. The Morgan fingerprint density at radius 2 is 1.86 bits per heavy atom. The minimum atomic E-state index is -4.66. The maximum absolute atomic E-state index is 14.0. The van der Waals surface area contributed by atoms with Crippen molar-refractivity contribution in [3.63, 3.8) is 0 Å². The van der Waals surface area contributed by atoms with Crippen LogP contribution >= 0.6 is 0 Å². The minimum absolute atomic E-state index is 0.0154. The van der Waals surface area contributed by atoms with Gasteiger partial charge in [-0.15, -0.1) is 0 Å². The average molecular weight is 512 g/mol. The molecule has 1 aliphatic heterocycles. The fourth-order valence-corrected chi connectivity index (χ4v) is 3.57. The van der Waals surface area contributed by atoms with Crippen molar-refractivity contribution in [2.45, 2.75) is 57.7 Å². The van der Waals surface area contributed by atoms with Gasteiger partial charge in [-0.1, -0.05) is 6.07 Å². The molecular weight excluding hydrogens is 488 g/mol. The van der Waals surface area contributed by atoms with E-state index in [2.05, 4.69) is 15.3 Å². The first kappa shape index (κ1) is 26.8. The van der Waals surface area contributed by atoms with Crippen LogP contribution in [0, 0.1) is 0 Å². The predicted octanol–water partition coefficient (Wildman–Crippen LogP) is 3.82. The smallest absolute Gasteiger partial charge is 0.433 e. The molecule has 2 amide bonds. The number of hydrogen-bond donors (Lipinski definition) is 2. The molecule has 36 heavy (non-hydrogen) atoms. The second-order valence-electron chi connectivity index (χ2n) is 9.18. The van der Waals surface area contributed by atoms with Gasteiger partial charge in [-0.25, -0.2) is 14.0 Å². The fraction of sp³-hybridized carbons (Fsp3) is 0.435. The lowest BCUT2D eigenvalue weighted by molar-refractivity contribution is -0.141. The first-order chi connectivity index (χ1) is 16.6. The number of likely N-dealkylation sites (tertiary alicyclic amines) is 1. The summed E-state index contributed by atoms with van der Waals surface area (Å²) in [4.78, 5) is 45.0. The van der Waals surface area contributed by atoms with E-state index < -0.39 is 47.8 Å². The molecule has 0 aromatic carbocycles. The van der Waals surface area contributed by atoms with Gasteiger partial charge in [0.2, 0.25) is 5.91 Å². The second-order valence-corrected chi connectivity index (χ2v) is 9.18. The van der Waals surface area contributed by atoms with Gasteiger partial charge in [0, 0.05) is 29.9 Å². The van der Waals surface area contributed by atoms with Crippen molar-refractivity contribution in [3.8, 4) is 11.1 Å². The zero-order chi connectivity index (χ0) is 26.8. The summed E-state index contributed by atoms with van der Waals surface area (Å²) < 4.78 is 57.7. The molecule has 13 heteroatoms. The molecule has 1 fully saturated rings. The summed E-state index contributed by atoms with van der Waals surface area (Å²) in [6.07, 6.45) is -6.41. The van der Waals surface area contributed by atoms with E-state index in [1.165, 1.54) is 6.07 Å². The molecule has 0 spiro atoms. The Bertz CT molecular complexity index is 1150. The lowest BCUT2D eigenvalue weighted by Gasteiger charge is -2.28. The van der Waals surface area contributed by atoms with Crippen molar-refractivity contribution in [1.29, 1.82) is 0 Å². The Morgan fingerprint density at radius 3 is 2.42 bits per heavy atom. The number of carbonyl (C=O) groups is 3. The van der Waals surface area contributed by atoms with Crippen LogP contribution in [-0.4, -0.2) is 62.4 Å². The summed E-state index contributed by atoms with van der Waals surface area (Å²) in [5.41, 5.74) is -2.06. The van der Waals surface area contributed by atoms with Crippen LogP contribution in [0.15, 0.2) is 30.6 Å². The van der Waals surface area contributed by atoms with Crippen molar-refractivity contribution >= 4 is 18.0 Å². The Balaban J connectivity index is 1.78. The number of aromatic nitrogens is 2. The summed E-state index contributed by atoms with van der Waals surface area (Å²) in [6.45, 7) is 4.70. The summed E-state index contributed by atoms with van der Waals surface area (Å²) in [5.74, 6) is -2.00. The van der Waals surface area contributed by atoms with Crippen LogP contribution < -0.4 is 5.32 Å². The Hall–Kier alpha value is -3.77. The van der Waals surface area contributed by atoms with Crippen molar-refractivity contribution in [2.24, 2.45) is 0 Å². The molecule has 9 nitrogen and oxygen atoms in total. The number of alkyl halides is 4. The normalized spacial score (nSPS) is 18.1. The first-order valence-corrected chi connectivity index (χ1v) is 10.8. The van der Waals surface area contributed by atoms with E-state index in [4.69, 9.17) is 4.74 Å². The average Bonchev–Trinajstić information content (AvgIpc) is 3.11. The topological polar surface area (TPSA) is 122 Å². The molecule has 2 N–H and O–H groups in total. The largest absolute Gasteiger partial charge is 0.478 e. The quantitative estimate of drug-likeness (QED) is 0.584. The van der Waals surface area contributed by atoms with E-state index in [1.54, 1.807) is 20.8 Å². The third kappa shape index (κ3) is 6.67. The van der Waals surface area contributed by atoms with E-state index in [9.17, 15) is 37.1 Å². The third-order valence-corrected chi connectivity index (χ3v) is 5.10. The van der Waals surface area contributed by atoms with Gasteiger partial charge in [-0.2, -0.15) is 13.2 Å². The number of rotatable bonds is 5. The maximum Gasteiger partial charge on any atom is 0.433 e. The van der Waals surface area contributed by atoms with Crippen molar-refractivity contribution in [1.82, 2.24) is 20.2 Å². The van der Waals surface area contributed by atoms with Crippen LogP contribution in [0.5, 0.6) is 0 Å². The van der Waals surface area contributed by atoms with Crippen molar-refractivity contribution < 1.29 is 41.8 Å². The van der Waals surface area contributed by atoms with Crippen LogP contribution in [0.3, 0.4) is 0 Å². The second kappa shape index (κ2) is 10.1. The van der Waals surface area contributed by atoms with Crippen LogP contribution in [0.4, 0.5) is 22.4 Å². The maximum atomic E-state index is 14.0. The molecule has 0 aliphatic carbocycles. The third-order valence-electron chi connectivity index (χ3n) is 5.10. The highest BCUT2D eigenvalue weighted by atomic mass is 19.4. The molecule has 2 atom stereocenters. The minimum Gasteiger partial charge on any atom is -0.478 e. The number of pyridine rings is 2. The molecule has 3 heterocycles. The zero-order valence-corrected chi connectivity index (χ0v) is 19.6. The summed E-state index contributed by atoms with van der Waals surface area (Å²) in [7, 11) is 0. The molecule has 0 bridgehead atoms. The Kier molecular flexibility index (Phi) is 7.51. The SMILES string of the molecule is CC(C)(C)OC(=O)N1C[C@H](F)C[C@H]1NC(=O)Cc1cc(-c2ccc(C(F)(F)F)nc2)c(C(=O)O)cn1. The predicted molar refractivity (Wildman–Crippen MR) is 118 cm³/mol. The molecule has 0 radical (unpaired) electrons. The Morgan fingerprint density at radius 1 is 1.17 bits per heavy atom. The molecule has 1 saturated heterocycles. The lowest BCUT2D eigenvalue weighted by Crippen LogP contribution is -2.49. The summed E-state index contributed by atoms with van der Waals surface area (Å²) in [5, 5.41) is 12.0. The molecular formula is C23H24F4N4O5. The first-order valence-electron chi connectivity index (χ1n) is 10.8. The van der Waals surface area contributed by atoms with Crippen LogP contribution in [0.1, 0.15) is 48.9 Å². The van der Waals surface area contributed by atoms with Crippen LogP contribution in [-0.2, 0) is 22.1 Å². The number of nitrogens with zero attached hydrogens (tertiary/aromatic N) is 3. The number of halogens is 4. The molecule has 194 valence electrons. The van der Waals surface area contributed by atoms with Gasteiger partial charge in [0.25, 0.3) is 0 Å². The highest BCUT2D eigenvalue weighted by Gasteiger charge is 2.38. The number of ether oxygens (including phenoxy) is 1. The van der Waals surface area contributed by atoms with Gasteiger partial charge < -0.3 is 15.2 Å². The van der Waals surface area contributed by atoms with E-state index in [0.29, 0.717) is 6.07 Å². The number of hydrogen-bond acceptors (Lipinski definition) is 6. The standard InChI is InChI=1S/C23H24F4N4O5/c1-22(2,3)36-21(35)31-11-13(24)6-18(31)30-19(32)8-14-7-15(16(10-28-14)20(33)34)12-4-5-17(29-9-12)23(25,26)27/h4-5,7,9-10,13,18H,6,8,11H2,1-3H3,(H,30,32)(H,33,34)/t13-,18+/m1/s1. The monoisotopic (exact) mass is 512 g/mol.